The monoisotopic (exact) mass is 404 g/mol. The number of aromatic amines is 1. The van der Waals surface area contributed by atoms with E-state index >= 15 is 0 Å². The first kappa shape index (κ1) is 19.7. The number of nitriles is 1. The number of nitrogens with zero attached hydrogens (tertiary/aromatic N) is 2. The van der Waals surface area contributed by atoms with Crippen LogP contribution in [0.15, 0.2) is 18.2 Å². The smallest absolute Gasteiger partial charge is 0.252 e. The van der Waals surface area contributed by atoms with Crippen LogP contribution in [0.2, 0.25) is 0 Å². The number of anilines is 1. The lowest BCUT2D eigenvalue weighted by molar-refractivity contribution is -0.120. The summed E-state index contributed by atoms with van der Waals surface area (Å²) < 4.78 is 0. The average Bonchev–Trinajstić information content (AvgIpc) is 3.00. The number of pyridine rings is 1. The zero-order valence-electron chi connectivity index (χ0n) is 17.2. The molecule has 0 aliphatic heterocycles. The Morgan fingerprint density at radius 3 is 2.67 bits per heavy atom. The first-order chi connectivity index (χ1) is 14.3. The zero-order chi connectivity index (χ0) is 21.6. The Hall–Kier alpha value is -3.60. The summed E-state index contributed by atoms with van der Waals surface area (Å²) in [6.45, 7) is 5.48. The minimum absolute atomic E-state index is 0.0322. The molecule has 2 amide bonds. The predicted octanol–water partition coefficient (Wildman–Crippen LogP) is 2.89. The van der Waals surface area contributed by atoms with E-state index in [9.17, 15) is 14.9 Å². The second-order valence-electron chi connectivity index (χ2n) is 8.20. The van der Waals surface area contributed by atoms with Gasteiger partial charge in [0, 0.05) is 35.8 Å². The van der Waals surface area contributed by atoms with E-state index in [4.69, 9.17) is 10.7 Å². The molecule has 0 bridgehead atoms. The number of amides is 2. The Labute approximate surface area is 173 Å². The largest absolute Gasteiger partial charge is 0.380 e. The molecule has 5 N–H and O–H groups in total. The number of hydrogen-bond acceptors (Lipinski definition) is 5. The summed E-state index contributed by atoms with van der Waals surface area (Å²) >= 11 is 0. The molecule has 4 rings (SSSR count). The van der Waals surface area contributed by atoms with Crippen molar-refractivity contribution in [3.63, 3.8) is 0 Å². The first-order valence-corrected chi connectivity index (χ1v) is 10.0. The average molecular weight is 404 g/mol. The molecular weight excluding hydrogens is 380 g/mol. The molecule has 1 saturated carbocycles. The number of H-pyrrole nitrogens is 1. The van der Waals surface area contributed by atoms with Crippen molar-refractivity contribution in [1.29, 1.82) is 5.26 Å². The molecule has 3 aromatic rings. The number of rotatable bonds is 5. The molecule has 154 valence electrons. The van der Waals surface area contributed by atoms with Gasteiger partial charge in [-0.05, 0) is 44.9 Å². The molecule has 8 nitrogen and oxygen atoms in total. The molecule has 1 aliphatic carbocycles. The molecule has 0 unspecified atom stereocenters. The van der Waals surface area contributed by atoms with Gasteiger partial charge in [-0.2, -0.15) is 5.26 Å². The van der Waals surface area contributed by atoms with Crippen molar-refractivity contribution in [1.82, 2.24) is 15.3 Å². The maximum Gasteiger partial charge on any atom is 0.252 e. The molecule has 30 heavy (non-hydrogen) atoms. The van der Waals surface area contributed by atoms with Crippen LogP contribution in [0, 0.1) is 11.3 Å². The minimum Gasteiger partial charge on any atom is -0.380 e. The van der Waals surface area contributed by atoms with E-state index in [2.05, 4.69) is 21.7 Å². The maximum absolute atomic E-state index is 12.5. The Kier molecular flexibility index (Phi) is 4.82. The van der Waals surface area contributed by atoms with Crippen LogP contribution in [0.5, 0.6) is 0 Å². The maximum atomic E-state index is 12.5. The molecule has 0 radical (unpaired) electrons. The number of carbonyl (C=O) groups is 2. The van der Waals surface area contributed by atoms with E-state index in [0.29, 0.717) is 40.9 Å². The molecule has 1 aromatic carbocycles. The van der Waals surface area contributed by atoms with Crippen LogP contribution in [-0.2, 0) is 4.79 Å². The quantitative estimate of drug-likeness (QED) is 0.518. The summed E-state index contributed by atoms with van der Waals surface area (Å²) in [6, 6.07) is 7.68. The Bertz CT molecular complexity index is 1210. The van der Waals surface area contributed by atoms with Gasteiger partial charge in [-0.15, -0.1) is 0 Å². The summed E-state index contributed by atoms with van der Waals surface area (Å²) in [5.41, 5.74) is 10.2. The Morgan fingerprint density at radius 1 is 1.33 bits per heavy atom. The standard InChI is InChI=1S/C22H24N6O2/c1-10(2)25-20-17(22(24)30)18(13-7-14(8-13)26-11(3)29)28-19-15-5-4-12(9-23)6-16(15)27-21(19)20/h4-6,10,13-14,27H,7-8H2,1-3H3,(H2,24,30)(H,25,28)(H,26,29). The van der Waals surface area contributed by atoms with Gasteiger partial charge in [0.05, 0.1) is 39.6 Å². The zero-order valence-corrected chi connectivity index (χ0v) is 17.2. The highest BCUT2D eigenvalue weighted by Crippen LogP contribution is 2.42. The van der Waals surface area contributed by atoms with Gasteiger partial charge < -0.3 is 21.4 Å². The van der Waals surface area contributed by atoms with Crippen molar-refractivity contribution in [2.75, 3.05) is 5.32 Å². The normalized spacial score (nSPS) is 18.2. The summed E-state index contributed by atoms with van der Waals surface area (Å²) in [4.78, 5) is 32.0. The van der Waals surface area contributed by atoms with E-state index in [1.165, 1.54) is 6.92 Å². The van der Waals surface area contributed by atoms with Crippen LogP contribution in [0.3, 0.4) is 0 Å². The molecule has 1 aliphatic rings. The molecular formula is C22H24N6O2. The van der Waals surface area contributed by atoms with Gasteiger partial charge in [0.1, 0.15) is 0 Å². The number of fused-ring (bicyclic) bond motifs is 3. The second-order valence-corrected chi connectivity index (χ2v) is 8.20. The lowest BCUT2D eigenvalue weighted by Crippen LogP contribution is -2.43. The van der Waals surface area contributed by atoms with Gasteiger partial charge in [-0.1, -0.05) is 0 Å². The highest BCUT2D eigenvalue weighted by molar-refractivity contribution is 6.14. The Morgan fingerprint density at radius 2 is 2.07 bits per heavy atom. The van der Waals surface area contributed by atoms with Gasteiger partial charge in [-0.3, -0.25) is 9.59 Å². The van der Waals surface area contributed by atoms with Crippen molar-refractivity contribution in [2.45, 2.75) is 51.6 Å². The number of carbonyl (C=O) groups excluding carboxylic acids is 2. The Balaban J connectivity index is 1.93. The number of primary amides is 1. The molecule has 0 spiro atoms. The van der Waals surface area contributed by atoms with Crippen molar-refractivity contribution in [2.24, 2.45) is 5.73 Å². The van der Waals surface area contributed by atoms with E-state index in [1.807, 2.05) is 19.9 Å². The van der Waals surface area contributed by atoms with E-state index < -0.39 is 5.91 Å². The number of benzene rings is 1. The van der Waals surface area contributed by atoms with Gasteiger partial charge in [-0.25, -0.2) is 4.98 Å². The fourth-order valence-electron chi connectivity index (χ4n) is 4.20. The molecule has 2 heterocycles. The number of nitrogens with one attached hydrogen (secondary N) is 3. The molecule has 0 atom stereocenters. The van der Waals surface area contributed by atoms with E-state index in [1.54, 1.807) is 12.1 Å². The summed E-state index contributed by atoms with van der Waals surface area (Å²) in [5, 5.41) is 16.4. The van der Waals surface area contributed by atoms with Gasteiger partial charge in [0.2, 0.25) is 5.91 Å². The van der Waals surface area contributed by atoms with Gasteiger partial charge in [0.15, 0.2) is 0 Å². The summed E-state index contributed by atoms with van der Waals surface area (Å²) in [5.74, 6) is -0.573. The third-order valence-corrected chi connectivity index (χ3v) is 5.50. The third kappa shape index (κ3) is 3.32. The fourth-order valence-corrected chi connectivity index (χ4v) is 4.20. The third-order valence-electron chi connectivity index (χ3n) is 5.50. The lowest BCUT2D eigenvalue weighted by atomic mass is 9.76. The molecule has 1 fully saturated rings. The van der Waals surface area contributed by atoms with Crippen LogP contribution in [-0.4, -0.2) is 33.9 Å². The number of nitrogens with two attached hydrogens (primary N) is 1. The van der Waals surface area contributed by atoms with Crippen LogP contribution in [0.25, 0.3) is 21.9 Å². The SMILES string of the molecule is CC(=O)NC1CC(c2nc3c([nH]c4cc(C#N)ccc43)c(NC(C)C)c2C(N)=O)C1. The van der Waals surface area contributed by atoms with Crippen molar-refractivity contribution in [3.8, 4) is 6.07 Å². The van der Waals surface area contributed by atoms with Crippen LogP contribution in [0.4, 0.5) is 5.69 Å². The van der Waals surface area contributed by atoms with E-state index in [0.717, 1.165) is 16.4 Å². The van der Waals surface area contributed by atoms with Crippen molar-refractivity contribution in [3.05, 3.63) is 35.0 Å². The second kappa shape index (κ2) is 7.34. The van der Waals surface area contributed by atoms with Crippen LogP contribution >= 0.6 is 0 Å². The molecule has 8 heteroatoms. The number of hydrogen-bond donors (Lipinski definition) is 4. The predicted molar refractivity (Wildman–Crippen MR) is 115 cm³/mol. The summed E-state index contributed by atoms with van der Waals surface area (Å²) in [7, 11) is 0. The van der Waals surface area contributed by atoms with E-state index in [-0.39, 0.29) is 23.9 Å². The molecule has 2 aromatic heterocycles. The van der Waals surface area contributed by atoms with Crippen LogP contribution in [0.1, 0.15) is 61.1 Å². The fraction of sp³-hybridized carbons (Fsp3) is 0.364. The van der Waals surface area contributed by atoms with Crippen molar-refractivity contribution < 1.29 is 9.59 Å². The van der Waals surface area contributed by atoms with Gasteiger partial charge >= 0.3 is 0 Å². The highest BCUT2D eigenvalue weighted by atomic mass is 16.1. The first-order valence-electron chi connectivity index (χ1n) is 10.0. The molecule has 0 saturated heterocycles. The lowest BCUT2D eigenvalue weighted by Gasteiger charge is -2.36. The summed E-state index contributed by atoms with van der Waals surface area (Å²) in [6.07, 6.45) is 1.42. The van der Waals surface area contributed by atoms with Crippen LogP contribution < -0.4 is 16.4 Å². The van der Waals surface area contributed by atoms with Gasteiger partial charge in [0.25, 0.3) is 5.91 Å². The highest BCUT2D eigenvalue weighted by Gasteiger charge is 2.36. The minimum atomic E-state index is -0.540. The number of aromatic nitrogens is 2. The van der Waals surface area contributed by atoms with Crippen molar-refractivity contribution >= 4 is 39.4 Å². The topological polar surface area (TPSA) is 137 Å².